The van der Waals surface area contributed by atoms with E-state index in [1.807, 2.05) is 14.0 Å². The molecule has 3 unspecified atom stereocenters. The van der Waals surface area contributed by atoms with Gasteiger partial charge in [-0.05, 0) is 52.1 Å². The molecule has 6 heteroatoms. The van der Waals surface area contributed by atoms with Gasteiger partial charge in [-0.25, -0.2) is 0 Å². The number of hydrogen-bond acceptors (Lipinski definition) is 3. The molecule has 2 heterocycles. The molecule has 2 saturated heterocycles. The highest BCUT2D eigenvalue weighted by molar-refractivity contribution is 5.85. The largest absolute Gasteiger partial charge is 0.342 e. The van der Waals surface area contributed by atoms with Gasteiger partial charge in [0.15, 0.2) is 0 Å². The first-order chi connectivity index (χ1) is 10.1. The maximum Gasteiger partial charge on any atom is 0.226 e. The van der Waals surface area contributed by atoms with Crippen molar-refractivity contribution < 1.29 is 4.79 Å². The van der Waals surface area contributed by atoms with Crippen LogP contribution in [0.5, 0.6) is 0 Å². The van der Waals surface area contributed by atoms with Gasteiger partial charge in [0.1, 0.15) is 0 Å². The van der Waals surface area contributed by atoms with Gasteiger partial charge >= 0.3 is 0 Å². The predicted molar refractivity (Wildman–Crippen MR) is 102 cm³/mol. The lowest BCUT2D eigenvalue weighted by atomic mass is 9.94. The van der Waals surface area contributed by atoms with Crippen molar-refractivity contribution in [3.05, 3.63) is 0 Å². The number of carbonyl (C=O) groups excluding carboxylic acids is 1. The number of nitrogens with one attached hydrogen (secondary N) is 1. The van der Waals surface area contributed by atoms with E-state index in [2.05, 4.69) is 22.0 Å². The van der Waals surface area contributed by atoms with E-state index in [1.165, 1.54) is 45.2 Å². The highest BCUT2D eigenvalue weighted by atomic mass is 35.5. The Kier molecular flexibility index (Phi) is 11.5. The number of rotatable bonds is 5. The summed E-state index contributed by atoms with van der Waals surface area (Å²) in [5.41, 5.74) is 0. The van der Waals surface area contributed by atoms with E-state index in [-0.39, 0.29) is 30.7 Å². The molecule has 1 amide bonds. The topological polar surface area (TPSA) is 35.6 Å². The molecule has 23 heavy (non-hydrogen) atoms. The second-order valence-corrected chi connectivity index (χ2v) is 7.09. The van der Waals surface area contributed by atoms with Crippen LogP contribution < -0.4 is 5.32 Å². The molecule has 138 valence electrons. The maximum atomic E-state index is 12.5. The van der Waals surface area contributed by atoms with Crippen LogP contribution in [0.15, 0.2) is 0 Å². The van der Waals surface area contributed by atoms with Gasteiger partial charge in [0.2, 0.25) is 5.91 Å². The van der Waals surface area contributed by atoms with Gasteiger partial charge in [-0.1, -0.05) is 13.3 Å². The number of nitrogens with zero attached hydrogens (tertiary/aromatic N) is 2. The highest BCUT2D eigenvalue weighted by Gasteiger charge is 2.29. The van der Waals surface area contributed by atoms with Crippen LogP contribution in [0.25, 0.3) is 0 Å². The van der Waals surface area contributed by atoms with Crippen molar-refractivity contribution in [2.45, 2.75) is 52.0 Å². The Morgan fingerprint density at radius 1 is 1.17 bits per heavy atom. The zero-order chi connectivity index (χ0) is 15.2. The van der Waals surface area contributed by atoms with E-state index in [0.29, 0.717) is 11.8 Å². The van der Waals surface area contributed by atoms with Gasteiger partial charge < -0.3 is 15.1 Å². The smallest absolute Gasteiger partial charge is 0.226 e. The van der Waals surface area contributed by atoms with Crippen molar-refractivity contribution >= 4 is 30.7 Å². The second kappa shape index (κ2) is 11.5. The van der Waals surface area contributed by atoms with Crippen LogP contribution in [0.4, 0.5) is 0 Å². The molecule has 2 rings (SSSR count). The number of piperidine rings is 2. The Labute approximate surface area is 154 Å². The molecule has 3 atom stereocenters. The Morgan fingerprint density at radius 3 is 2.57 bits per heavy atom. The Bertz CT molecular complexity index is 344. The third-order valence-corrected chi connectivity index (χ3v) is 5.20. The minimum atomic E-state index is 0. The van der Waals surface area contributed by atoms with E-state index in [0.717, 1.165) is 25.7 Å². The first-order valence-corrected chi connectivity index (χ1v) is 8.79. The summed E-state index contributed by atoms with van der Waals surface area (Å²) in [4.78, 5) is 17.2. The van der Waals surface area contributed by atoms with Crippen molar-refractivity contribution in [3.8, 4) is 0 Å². The highest BCUT2D eigenvalue weighted by Crippen LogP contribution is 2.23. The fourth-order valence-corrected chi connectivity index (χ4v) is 3.88. The molecule has 2 aliphatic rings. The van der Waals surface area contributed by atoms with Crippen molar-refractivity contribution in [1.82, 2.24) is 15.1 Å². The summed E-state index contributed by atoms with van der Waals surface area (Å²) in [5, 5.41) is 3.11. The lowest BCUT2D eigenvalue weighted by molar-refractivity contribution is -0.136. The number of hydrogen-bond donors (Lipinski definition) is 1. The van der Waals surface area contributed by atoms with Crippen LogP contribution in [0, 0.1) is 11.8 Å². The first-order valence-electron chi connectivity index (χ1n) is 8.79. The van der Waals surface area contributed by atoms with Crippen molar-refractivity contribution in [1.29, 1.82) is 0 Å². The number of likely N-dealkylation sites (tertiary alicyclic amines) is 2. The molecule has 1 N–H and O–H groups in total. The van der Waals surface area contributed by atoms with Gasteiger partial charge in [0, 0.05) is 38.1 Å². The van der Waals surface area contributed by atoms with E-state index < -0.39 is 0 Å². The summed E-state index contributed by atoms with van der Waals surface area (Å²) < 4.78 is 0. The monoisotopic (exact) mass is 367 g/mol. The zero-order valence-corrected chi connectivity index (χ0v) is 16.6. The van der Waals surface area contributed by atoms with Crippen LogP contribution in [0.2, 0.25) is 0 Å². The van der Waals surface area contributed by atoms with Gasteiger partial charge in [0.25, 0.3) is 0 Å². The van der Waals surface area contributed by atoms with Gasteiger partial charge in [-0.2, -0.15) is 0 Å². The Balaban J connectivity index is 0.00000242. The molecule has 0 spiro atoms. The van der Waals surface area contributed by atoms with Crippen molar-refractivity contribution in [3.63, 3.8) is 0 Å². The van der Waals surface area contributed by atoms with Crippen molar-refractivity contribution in [2.75, 3.05) is 39.8 Å². The van der Waals surface area contributed by atoms with Gasteiger partial charge in [-0.3, -0.25) is 4.79 Å². The summed E-state index contributed by atoms with van der Waals surface area (Å²) in [6.45, 7) is 9.54. The quantitative estimate of drug-likeness (QED) is 0.811. The van der Waals surface area contributed by atoms with Gasteiger partial charge in [0.05, 0.1) is 0 Å². The average Bonchev–Trinajstić information content (AvgIpc) is 2.49. The van der Waals surface area contributed by atoms with E-state index in [1.54, 1.807) is 0 Å². The predicted octanol–water partition coefficient (Wildman–Crippen LogP) is 2.80. The lowest BCUT2D eigenvalue weighted by Crippen LogP contribution is -2.48. The molecule has 2 fully saturated rings. The minimum absolute atomic E-state index is 0. The molecule has 0 aromatic rings. The summed E-state index contributed by atoms with van der Waals surface area (Å²) in [6.07, 6.45) is 6.53. The second-order valence-electron chi connectivity index (χ2n) is 7.09. The summed E-state index contributed by atoms with van der Waals surface area (Å²) in [6, 6.07) is 0.730. The molecular formula is C17H35Cl2N3O. The van der Waals surface area contributed by atoms with Crippen LogP contribution in [-0.2, 0) is 4.79 Å². The third kappa shape index (κ3) is 6.77. The van der Waals surface area contributed by atoms with Crippen LogP contribution in [0.1, 0.15) is 46.0 Å². The lowest BCUT2D eigenvalue weighted by Gasteiger charge is -2.40. The SMILES string of the molecule is CNCC(C)C(=O)N1CCCC(CN2CCCCC2C)C1.Cl.Cl. The first kappa shape index (κ1) is 23.0. The van der Waals surface area contributed by atoms with E-state index >= 15 is 0 Å². The molecule has 0 aliphatic carbocycles. The number of amides is 1. The van der Waals surface area contributed by atoms with E-state index in [9.17, 15) is 4.79 Å². The maximum absolute atomic E-state index is 12.5. The molecule has 0 bridgehead atoms. The molecule has 0 radical (unpaired) electrons. The number of halogens is 2. The fraction of sp³-hybridized carbons (Fsp3) is 0.941. The third-order valence-electron chi connectivity index (χ3n) is 5.20. The summed E-state index contributed by atoms with van der Waals surface area (Å²) >= 11 is 0. The average molecular weight is 368 g/mol. The minimum Gasteiger partial charge on any atom is -0.342 e. The molecule has 0 saturated carbocycles. The molecule has 0 aromatic carbocycles. The molecule has 0 aromatic heterocycles. The van der Waals surface area contributed by atoms with Gasteiger partial charge in [-0.15, -0.1) is 24.8 Å². The van der Waals surface area contributed by atoms with Crippen LogP contribution in [0.3, 0.4) is 0 Å². The summed E-state index contributed by atoms with van der Waals surface area (Å²) in [7, 11) is 1.92. The normalized spacial score (nSPS) is 26.8. The Morgan fingerprint density at radius 2 is 1.91 bits per heavy atom. The Hall–Kier alpha value is -0.0300. The molecular weight excluding hydrogens is 333 g/mol. The number of carbonyl (C=O) groups is 1. The zero-order valence-electron chi connectivity index (χ0n) is 14.9. The van der Waals surface area contributed by atoms with Crippen molar-refractivity contribution in [2.24, 2.45) is 11.8 Å². The van der Waals surface area contributed by atoms with E-state index in [4.69, 9.17) is 0 Å². The summed E-state index contributed by atoms with van der Waals surface area (Å²) in [5.74, 6) is 1.11. The fourth-order valence-electron chi connectivity index (χ4n) is 3.88. The molecule has 4 nitrogen and oxygen atoms in total. The van der Waals surface area contributed by atoms with Crippen LogP contribution >= 0.6 is 24.8 Å². The molecule has 2 aliphatic heterocycles. The standard InChI is InChI=1S/C17H33N3O.2ClH/c1-14(11-18-3)17(21)20-10-6-8-16(13-20)12-19-9-5-4-7-15(19)2;;/h14-16,18H,4-13H2,1-3H3;2*1H. The van der Waals surface area contributed by atoms with Crippen LogP contribution in [-0.4, -0.2) is 61.5 Å².